The van der Waals surface area contributed by atoms with E-state index in [9.17, 15) is 4.79 Å². The van der Waals surface area contributed by atoms with Gasteiger partial charge in [-0.3, -0.25) is 0 Å². The van der Waals surface area contributed by atoms with E-state index in [1.54, 1.807) is 13.0 Å². The standard InChI is InChI=1S/C14H21N5O2/c1-10-16-12(9-13-17-18-14(20)19(10)13)15-7-8-21-11-5-3-2-4-6-11/h9,11,15H,2-8H2,1H3,(H,18,20). The number of hydrogen-bond donors (Lipinski definition) is 2. The highest BCUT2D eigenvalue weighted by molar-refractivity contribution is 5.49. The Morgan fingerprint density at radius 2 is 2.24 bits per heavy atom. The van der Waals surface area contributed by atoms with Crippen LogP contribution in [0.3, 0.4) is 0 Å². The Labute approximate surface area is 122 Å². The summed E-state index contributed by atoms with van der Waals surface area (Å²) in [7, 11) is 0. The average Bonchev–Trinajstić information content (AvgIpc) is 2.87. The fraction of sp³-hybridized carbons (Fsp3) is 0.643. The van der Waals surface area contributed by atoms with Crippen molar-refractivity contribution < 1.29 is 4.74 Å². The van der Waals surface area contributed by atoms with Crippen molar-refractivity contribution in [1.29, 1.82) is 0 Å². The molecule has 7 nitrogen and oxygen atoms in total. The lowest BCUT2D eigenvalue weighted by Gasteiger charge is -2.22. The van der Waals surface area contributed by atoms with Crippen LogP contribution in [-0.2, 0) is 4.74 Å². The fourth-order valence-corrected chi connectivity index (χ4v) is 2.82. The first-order valence-corrected chi connectivity index (χ1v) is 7.54. The summed E-state index contributed by atoms with van der Waals surface area (Å²) in [6.45, 7) is 3.16. The molecule has 0 radical (unpaired) electrons. The summed E-state index contributed by atoms with van der Waals surface area (Å²) in [6, 6.07) is 1.76. The summed E-state index contributed by atoms with van der Waals surface area (Å²) in [6.07, 6.45) is 6.68. The van der Waals surface area contributed by atoms with Crippen LogP contribution in [0.15, 0.2) is 10.9 Å². The van der Waals surface area contributed by atoms with Crippen LogP contribution in [0.2, 0.25) is 0 Å². The first kappa shape index (κ1) is 14.1. The molecule has 1 aliphatic rings. The quantitative estimate of drug-likeness (QED) is 0.815. The molecule has 1 aliphatic carbocycles. The van der Waals surface area contributed by atoms with E-state index in [-0.39, 0.29) is 5.69 Å². The van der Waals surface area contributed by atoms with Gasteiger partial charge in [0.15, 0.2) is 5.65 Å². The van der Waals surface area contributed by atoms with Crippen LogP contribution in [0.25, 0.3) is 5.65 Å². The maximum Gasteiger partial charge on any atom is 0.349 e. The van der Waals surface area contributed by atoms with Gasteiger partial charge >= 0.3 is 5.69 Å². The number of anilines is 1. The van der Waals surface area contributed by atoms with Crippen molar-refractivity contribution in [3.8, 4) is 0 Å². The van der Waals surface area contributed by atoms with Gasteiger partial charge in [0.1, 0.15) is 11.6 Å². The number of fused-ring (bicyclic) bond motifs is 1. The average molecular weight is 291 g/mol. The van der Waals surface area contributed by atoms with Crippen molar-refractivity contribution >= 4 is 11.5 Å². The normalized spacial score (nSPS) is 16.4. The van der Waals surface area contributed by atoms with Gasteiger partial charge in [0.05, 0.1) is 12.7 Å². The van der Waals surface area contributed by atoms with Crippen LogP contribution in [0.4, 0.5) is 5.82 Å². The maximum atomic E-state index is 11.5. The summed E-state index contributed by atoms with van der Waals surface area (Å²) in [5, 5.41) is 9.60. The number of rotatable bonds is 5. The third-order valence-corrected chi connectivity index (χ3v) is 3.88. The summed E-state index contributed by atoms with van der Waals surface area (Å²) in [5.41, 5.74) is 0.311. The molecule has 2 aromatic heterocycles. The van der Waals surface area contributed by atoms with Crippen molar-refractivity contribution in [3.05, 3.63) is 22.4 Å². The van der Waals surface area contributed by atoms with Gasteiger partial charge in [0, 0.05) is 12.6 Å². The number of aryl methyl sites for hydroxylation is 1. The van der Waals surface area contributed by atoms with E-state index in [0.717, 1.165) is 0 Å². The predicted octanol–water partition coefficient (Wildman–Crippen LogP) is 1.49. The zero-order chi connectivity index (χ0) is 14.7. The second-order valence-electron chi connectivity index (χ2n) is 5.47. The van der Waals surface area contributed by atoms with Crippen molar-refractivity contribution in [3.63, 3.8) is 0 Å². The zero-order valence-electron chi connectivity index (χ0n) is 12.3. The molecule has 7 heteroatoms. The van der Waals surface area contributed by atoms with Crippen LogP contribution in [-0.4, -0.2) is 38.8 Å². The largest absolute Gasteiger partial charge is 0.376 e. The molecule has 2 heterocycles. The Kier molecular flexibility index (Phi) is 4.19. The summed E-state index contributed by atoms with van der Waals surface area (Å²) >= 11 is 0. The summed E-state index contributed by atoms with van der Waals surface area (Å²) in [5.74, 6) is 1.33. The van der Waals surface area contributed by atoms with Crippen LogP contribution in [0.1, 0.15) is 37.9 Å². The molecule has 114 valence electrons. The smallest absolute Gasteiger partial charge is 0.349 e. The van der Waals surface area contributed by atoms with Crippen molar-refractivity contribution in [2.24, 2.45) is 0 Å². The Morgan fingerprint density at radius 3 is 3.05 bits per heavy atom. The Hall–Kier alpha value is -1.89. The van der Waals surface area contributed by atoms with Crippen molar-refractivity contribution in [2.45, 2.75) is 45.1 Å². The summed E-state index contributed by atoms with van der Waals surface area (Å²) in [4.78, 5) is 15.9. The zero-order valence-corrected chi connectivity index (χ0v) is 12.3. The SMILES string of the molecule is Cc1nc(NCCOC2CCCCC2)cc2n[nH]c(=O)n12. The van der Waals surface area contributed by atoms with E-state index >= 15 is 0 Å². The molecule has 0 spiro atoms. The van der Waals surface area contributed by atoms with Crippen molar-refractivity contribution in [2.75, 3.05) is 18.5 Å². The summed E-state index contributed by atoms with van der Waals surface area (Å²) < 4.78 is 7.31. The van der Waals surface area contributed by atoms with Gasteiger partial charge < -0.3 is 10.1 Å². The molecule has 0 amide bonds. The highest BCUT2D eigenvalue weighted by Gasteiger charge is 2.13. The van der Waals surface area contributed by atoms with Crippen LogP contribution < -0.4 is 11.0 Å². The molecule has 21 heavy (non-hydrogen) atoms. The lowest BCUT2D eigenvalue weighted by atomic mass is 9.98. The molecule has 0 bridgehead atoms. The van der Waals surface area contributed by atoms with E-state index in [1.807, 2.05) is 0 Å². The number of aromatic amines is 1. The molecule has 0 saturated heterocycles. The van der Waals surface area contributed by atoms with Gasteiger partial charge in [0.25, 0.3) is 0 Å². The number of H-pyrrole nitrogens is 1. The minimum atomic E-state index is -0.262. The van der Waals surface area contributed by atoms with E-state index in [0.29, 0.717) is 36.5 Å². The minimum absolute atomic E-state index is 0.262. The molecule has 0 unspecified atom stereocenters. The van der Waals surface area contributed by atoms with Crippen molar-refractivity contribution in [1.82, 2.24) is 19.6 Å². The molecule has 1 fully saturated rings. The number of nitrogens with zero attached hydrogens (tertiary/aromatic N) is 3. The third-order valence-electron chi connectivity index (χ3n) is 3.88. The Balaban J connectivity index is 1.54. The predicted molar refractivity (Wildman–Crippen MR) is 79.7 cm³/mol. The third kappa shape index (κ3) is 3.24. The first-order valence-electron chi connectivity index (χ1n) is 7.54. The van der Waals surface area contributed by atoms with Crippen LogP contribution in [0.5, 0.6) is 0 Å². The van der Waals surface area contributed by atoms with Gasteiger partial charge in [-0.2, -0.15) is 5.10 Å². The lowest BCUT2D eigenvalue weighted by Crippen LogP contribution is -2.21. The second-order valence-corrected chi connectivity index (χ2v) is 5.47. The van der Waals surface area contributed by atoms with E-state index in [2.05, 4.69) is 20.5 Å². The van der Waals surface area contributed by atoms with E-state index < -0.39 is 0 Å². The first-order chi connectivity index (χ1) is 10.2. The van der Waals surface area contributed by atoms with E-state index in [1.165, 1.54) is 36.5 Å². The highest BCUT2D eigenvalue weighted by Crippen LogP contribution is 2.20. The van der Waals surface area contributed by atoms with Gasteiger partial charge in [-0.15, -0.1) is 0 Å². The second kappa shape index (κ2) is 6.26. The van der Waals surface area contributed by atoms with Gasteiger partial charge in [-0.05, 0) is 19.8 Å². The molecule has 2 N–H and O–H groups in total. The van der Waals surface area contributed by atoms with Gasteiger partial charge in [0.2, 0.25) is 0 Å². The molecule has 0 aromatic carbocycles. The number of hydrogen-bond acceptors (Lipinski definition) is 5. The molecular weight excluding hydrogens is 270 g/mol. The molecule has 3 rings (SSSR count). The highest BCUT2D eigenvalue weighted by atomic mass is 16.5. The van der Waals surface area contributed by atoms with Gasteiger partial charge in [-0.1, -0.05) is 19.3 Å². The maximum absolute atomic E-state index is 11.5. The lowest BCUT2D eigenvalue weighted by molar-refractivity contribution is 0.0347. The minimum Gasteiger partial charge on any atom is -0.376 e. The molecule has 0 atom stereocenters. The fourth-order valence-electron chi connectivity index (χ4n) is 2.82. The topological polar surface area (TPSA) is 84.3 Å². The molecular formula is C14H21N5O2. The van der Waals surface area contributed by atoms with Crippen LogP contribution in [0, 0.1) is 6.92 Å². The number of ether oxygens (including phenoxy) is 1. The van der Waals surface area contributed by atoms with Gasteiger partial charge in [-0.25, -0.2) is 19.3 Å². The number of nitrogens with one attached hydrogen (secondary N) is 2. The van der Waals surface area contributed by atoms with Crippen LogP contribution >= 0.6 is 0 Å². The monoisotopic (exact) mass is 291 g/mol. The van der Waals surface area contributed by atoms with E-state index in [4.69, 9.17) is 4.74 Å². The molecule has 2 aromatic rings. The Bertz CT molecular complexity index is 657. The molecule has 0 aliphatic heterocycles. The Morgan fingerprint density at radius 1 is 1.43 bits per heavy atom. The number of aromatic nitrogens is 4. The molecule has 1 saturated carbocycles.